The second kappa shape index (κ2) is 6.04. The Kier molecular flexibility index (Phi) is 3.60. The molecular formula is C23H18N2O3. The van der Waals surface area contributed by atoms with Crippen LogP contribution in [-0.2, 0) is 14.4 Å². The van der Waals surface area contributed by atoms with Gasteiger partial charge in [-0.25, -0.2) is 4.90 Å². The smallest absolute Gasteiger partial charge is 0.273 e. The number of nitrogens with one attached hydrogen (secondary N) is 1. The number of imide groups is 1. The number of hydroxylamine groups is 1. The molecule has 1 fully saturated rings. The van der Waals surface area contributed by atoms with E-state index >= 15 is 0 Å². The number of nitrogens with zero attached hydrogens (tertiary/aromatic N) is 1. The topological polar surface area (TPSA) is 58.6 Å². The minimum absolute atomic E-state index is 0.0268. The molecule has 0 aromatic heterocycles. The Morgan fingerprint density at radius 2 is 1.71 bits per heavy atom. The fraction of sp³-hybridized carbons (Fsp3) is 0.130. The molecule has 2 heterocycles. The molecule has 0 bridgehead atoms. The minimum Gasteiger partial charge on any atom is -0.274 e. The average Bonchev–Trinajstić information content (AvgIpc) is 3.23. The summed E-state index contributed by atoms with van der Waals surface area (Å²) in [5, 5.41) is 2.03. The zero-order chi connectivity index (χ0) is 19.3. The van der Waals surface area contributed by atoms with Gasteiger partial charge in [0, 0.05) is 0 Å². The van der Waals surface area contributed by atoms with E-state index in [9.17, 15) is 9.59 Å². The van der Waals surface area contributed by atoms with Crippen molar-refractivity contribution in [2.75, 3.05) is 4.90 Å². The first kappa shape index (κ1) is 16.7. The highest BCUT2D eigenvalue weighted by Gasteiger charge is 2.55. The third-order valence-electron chi connectivity index (χ3n) is 5.30. The summed E-state index contributed by atoms with van der Waals surface area (Å²) >= 11 is 0. The largest absolute Gasteiger partial charge is 0.274 e. The molecule has 0 radical (unpaired) electrons. The van der Waals surface area contributed by atoms with E-state index in [1.165, 1.54) is 4.90 Å². The van der Waals surface area contributed by atoms with Crippen LogP contribution in [0.25, 0.3) is 16.5 Å². The maximum absolute atomic E-state index is 13.2. The number of hydrogen-bond donors (Lipinski definition) is 1. The van der Waals surface area contributed by atoms with Gasteiger partial charge in [-0.2, -0.15) is 0 Å². The summed E-state index contributed by atoms with van der Waals surface area (Å²) in [4.78, 5) is 32.8. The zero-order valence-corrected chi connectivity index (χ0v) is 15.3. The SMILES string of the molecule is Cc1ccc(C2=C[C@]3(CC(=O)N(c4ccc5ccccc5c4)C3=O)ON2)cc1. The van der Waals surface area contributed by atoms with Crippen molar-refractivity contribution >= 4 is 34.0 Å². The standard InChI is InChI=1S/C23H18N2O3/c1-15-6-8-17(9-7-15)20-13-23(28-24-20)14-21(26)25(22(23)27)19-11-10-16-4-2-3-5-18(16)12-19/h2-13,24H,14H2,1H3/t23-/m1/s1. The van der Waals surface area contributed by atoms with Crippen LogP contribution < -0.4 is 10.4 Å². The number of benzene rings is 3. The van der Waals surface area contributed by atoms with Gasteiger partial charge in [0.15, 0.2) is 0 Å². The Bertz CT molecular complexity index is 1150. The van der Waals surface area contributed by atoms with E-state index < -0.39 is 5.60 Å². The van der Waals surface area contributed by atoms with E-state index in [1.807, 2.05) is 67.6 Å². The van der Waals surface area contributed by atoms with Gasteiger partial charge >= 0.3 is 0 Å². The third kappa shape index (κ3) is 2.52. The Labute approximate surface area is 162 Å². The Morgan fingerprint density at radius 1 is 0.964 bits per heavy atom. The number of fused-ring (bicyclic) bond motifs is 1. The van der Waals surface area contributed by atoms with Crippen LogP contribution >= 0.6 is 0 Å². The van der Waals surface area contributed by atoms with Crippen molar-refractivity contribution in [3.05, 3.63) is 83.9 Å². The number of hydrogen-bond acceptors (Lipinski definition) is 4. The normalized spacial score (nSPS) is 21.5. The van der Waals surface area contributed by atoms with E-state index in [-0.39, 0.29) is 18.2 Å². The molecule has 1 saturated heterocycles. The first-order valence-corrected chi connectivity index (χ1v) is 9.16. The number of anilines is 1. The molecular weight excluding hydrogens is 352 g/mol. The Balaban J connectivity index is 1.51. The molecule has 5 rings (SSSR count). The first-order valence-electron chi connectivity index (χ1n) is 9.16. The summed E-state index contributed by atoms with van der Waals surface area (Å²) in [5.41, 5.74) is 4.85. The van der Waals surface area contributed by atoms with Crippen LogP contribution in [0.4, 0.5) is 5.69 Å². The molecule has 1 N–H and O–H groups in total. The Hall–Kier alpha value is -3.44. The van der Waals surface area contributed by atoms with Crippen molar-refractivity contribution in [2.45, 2.75) is 18.9 Å². The second-order valence-electron chi connectivity index (χ2n) is 7.26. The molecule has 3 aromatic carbocycles. The van der Waals surface area contributed by atoms with Gasteiger partial charge in [-0.15, -0.1) is 0 Å². The number of aryl methyl sites for hydroxylation is 1. The molecule has 2 aliphatic heterocycles. The number of amides is 2. The molecule has 138 valence electrons. The number of carbonyl (C=O) groups is 2. The summed E-state index contributed by atoms with van der Waals surface area (Å²) in [6.45, 7) is 2.01. The van der Waals surface area contributed by atoms with E-state index in [1.54, 1.807) is 12.1 Å². The number of carbonyl (C=O) groups excluding carboxylic acids is 2. The molecule has 0 saturated carbocycles. The summed E-state index contributed by atoms with van der Waals surface area (Å²) in [6.07, 6.45) is 1.69. The second-order valence-corrected chi connectivity index (χ2v) is 7.26. The van der Waals surface area contributed by atoms with Gasteiger partial charge < -0.3 is 0 Å². The van der Waals surface area contributed by atoms with Gasteiger partial charge in [0.2, 0.25) is 11.5 Å². The van der Waals surface area contributed by atoms with Gasteiger partial charge in [-0.1, -0.05) is 60.2 Å². The van der Waals surface area contributed by atoms with Crippen LogP contribution in [0.15, 0.2) is 72.8 Å². The summed E-state index contributed by atoms with van der Waals surface area (Å²) in [5.74, 6) is -0.647. The fourth-order valence-corrected chi connectivity index (χ4v) is 3.76. The molecule has 2 aliphatic rings. The maximum atomic E-state index is 13.2. The molecule has 1 spiro atoms. The molecule has 5 nitrogen and oxygen atoms in total. The molecule has 0 aliphatic carbocycles. The quantitative estimate of drug-likeness (QED) is 0.699. The van der Waals surface area contributed by atoms with Crippen LogP contribution in [0.1, 0.15) is 17.5 Å². The monoisotopic (exact) mass is 370 g/mol. The van der Waals surface area contributed by atoms with Gasteiger partial charge in [0.05, 0.1) is 17.8 Å². The average molecular weight is 370 g/mol. The van der Waals surface area contributed by atoms with Crippen molar-refractivity contribution in [3.63, 3.8) is 0 Å². The zero-order valence-electron chi connectivity index (χ0n) is 15.3. The lowest BCUT2D eigenvalue weighted by atomic mass is 9.99. The minimum atomic E-state index is -1.30. The summed E-state index contributed by atoms with van der Waals surface area (Å²) < 4.78 is 0. The molecule has 2 amide bonds. The lowest BCUT2D eigenvalue weighted by molar-refractivity contribution is -0.136. The molecule has 5 heteroatoms. The lowest BCUT2D eigenvalue weighted by Gasteiger charge is -2.19. The highest BCUT2D eigenvalue weighted by atomic mass is 16.7. The molecule has 1 atom stereocenters. The van der Waals surface area contributed by atoms with Crippen molar-refractivity contribution in [3.8, 4) is 0 Å². The van der Waals surface area contributed by atoms with Crippen molar-refractivity contribution in [2.24, 2.45) is 0 Å². The van der Waals surface area contributed by atoms with Gasteiger partial charge in [-0.3, -0.25) is 19.9 Å². The van der Waals surface area contributed by atoms with Gasteiger partial charge in [0.1, 0.15) is 0 Å². The van der Waals surface area contributed by atoms with E-state index in [4.69, 9.17) is 4.84 Å². The van der Waals surface area contributed by atoms with Crippen LogP contribution in [-0.4, -0.2) is 17.4 Å². The van der Waals surface area contributed by atoms with Crippen LogP contribution in [0.3, 0.4) is 0 Å². The Morgan fingerprint density at radius 3 is 2.50 bits per heavy atom. The van der Waals surface area contributed by atoms with Crippen LogP contribution in [0, 0.1) is 6.92 Å². The predicted octanol–water partition coefficient (Wildman–Crippen LogP) is 3.73. The first-order chi connectivity index (χ1) is 13.6. The van der Waals surface area contributed by atoms with Crippen LogP contribution in [0.5, 0.6) is 0 Å². The van der Waals surface area contributed by atoms with E-state index in [0.717, 1.165) is 21.9 Å². The van der Waals surface area contributed by atoms with Crippen LogP contribution in [0.2, 0.25) is 0 Å². The molecule has 28 heavy (non-hydrogen) atoms. The van der Waals surface area contributed by atoms with Gasteiger partial charge in [-0.05, 0) is 41.5 Å². The van der Waals surface area contributed by atoms with Gasteiger partial charge in [0.25, 0.3) is 5.91 Å². The van der Waals surface area contributed by atoms with E-state index in [2.05, 4.69) is 5.48 Å². The fourth-order valence-electron chi connectivity index (χ4n) is 3.76. The molecule has 3 aromatic rings. The van der Waals surface area contributed by atoms with Crippen molar-refractivity contribution in [1.82, 2.24) is 5.48 Å². The maximum Gasteiger partial charge on any atom is 0.273 e. The highest BCUT2D eigenvalue weighted by Crippen LogP contribution is 2.38. The predicted molar refractivity (Wildman–Crippen MR) is 107 cm³/mol. The van der Waals surface area contributed by atoms with Crippen molar-refractivity contribution < 1.29 is 14.4 Å². The third-order valence-corrected chi connectivity index (χ3v) is 5.30. The van der Waals surface area contributed by atoms with Crippen molar-refractivity contribution in [1.29, 1.82) is 0 Å². The molecule has 0 unspecified atom stereocenters. The highest BCUT2D eigenvalue weighted by molar-refractivity contribution is 6.25. The summed E-state index contributed by atoms with van der Waals surface area (Å²) in [7, 11) is 0. The van der Waals surface area contributed by atoms with E-state index in [0.29, 0.717) is 11.4 Å². The summed E-state index contributed by atoms with van der Waals surface area (Å²) in [6, 6.07) is 21.3. The lowest BCUT2D eigenvalue weighted by Crippen LogP contribution is -2.40. The number of rotatable bonds is 2.